The summed E-state index contributed by atoms with van der Waals surface area (Å²) >= 11 is 1.49. The summed E-state index contributed by atoms with van der Waals surface area (Å²) in [6, 6.07) is 19.9. The molecule has 0 spiro atoms. The first-order chi connectivity index (χ1) is 10.8. The number of rotatable bonds is 5. The topological polar surface area (TPSA) is 26.3 Å². The maximum absolute atomic E-state index is 11.6. The summed E-state index contributed by atoms with van der Waals surface area (Å²) < 4.78 is 4.98. The van der Waals surface area contributed by atoms with Gasteiger partial charge in [0.15, 0.2) is 0 Å². The van der Waals surface area contributed by atoms with Crippen molar-refractivity contribution in [1.82, 2.24) is 0 Å². The number of benzene rings is 2. The Bertz CT molecular complexity index is 641. The number of carbonyl (C=O) groups is 1. The van der Waals surface area contributed by atoms with E-state index in [0.29, 0.717) is 12.4 Å². The van der Waals surface area contributed by atoms with E-state index in [1.807, 2.05) is 67.6 Å². The van der Waals surface area contributed by atoms with Crippen LogP contribution in [-0.4, -0.2) is 18.3 Å². The monoisotopic (exact) mass is 310 g/mol. The molecular formula is C19H18O2S. The highest BCUT2D eigenvalue weighted by Gasteiger charge is 2.12. The maximum atomic E-state index is 11.6. The molecule has 0 aliphatic carbocycles. The van der Waals surface area contributed by atoms with Crippen LogP contribution in [-0.2, 0) is 9.53 Å². The molecule has 1 unspecified atom stereocenters. The first kappa shape index (κ1) is 16.2. The van der Waals surface area contributed by atoms with Crippen molar-refractivity contribution in [1.29, 1.82) is 0 Å². The maximum Gasteiger partial charge on any atom is 0.315 e. The molecule has 0 heterocycles. The Hall–Kier alpha value is -2.18. The van der Waals surface area contributed by atoms with E-state index in [9.17, 15) is 4.79 Å². The number of esters is 1. The quantitative estimate of drug-likeness (QED) is 0.615. The van der Waals surface area contributed by atoms with Gasteiger partial charge in [-0.3, -0.25) is 4.79 Å². The van der Waals surface area contributed by atoms with E-state index in [1.54, 1.807) is 0 Å². The molecule has 2 rings (SSSR count). The molecule has 2 aromatic carbocycles. The van der Waals surface area contributed by atoms with Crippen LogP contribution in [0.1, 0.15) is 23.3 Å². The first-order valence-corrected chi connectivity index (χ1v) is 8.23. The average molecular weight is 310 g/mol. The highest BCUT2D eigenvalue weighted by molar-refractivity contribution is 8.00. The third kappa shape index (κ3) is 5.31. The minimum absolute atomic E-state index is 0.0502. The van der Waals surface area contributed by atoms with Gasteiger partial charge in [0.25, 0.3) is 0 Å². The Balaban J connectivity index is 2.12. The zero-order valence-corrected chi connectivity index (χ0v) is 13.3. The van der Waals surface area contributed by atoms with Gasteiger partial charge in [-0.1, -0.05) is 60.4 Å². The summed E-state index contributed by atoms with van der Waals surface area (Å²) in [7, 11) is 0. The average Bonchev–Trinajstić information content (AvgIpc) is 2.57. The Kier molecular flexibility index (Phi) is 6.60. The summed E-state index contributed by atoms with van der Waals surface area (Å²) in [5, 5.41) is -0.0502. The smallest absolute Gasteiger partial charge is 0.315 e. The van der Waals surface area contributed by atoms with Gasteiger partial charge in [-0.25, -0.2) is 0 Å². The summed E-state index contributed by atoms with van der Waals surface area (Å²) in [6.07, 6.45) is 0. The van der Waals surface area contributed by atoms with Gasteiger partial charge in [0.1, 0.15) is 0 Å². The van der Waals surface area contributed by atoms with Gasteiger partial charge in [-0.15, -0.1) is 11.8 Å². The van der Waals surface area contributed by atoms with Crippen LogP contribution in [0.15, 0.2) is 60.7 Å². The first-order valence-electron chi connectivity index (χ1n) is 7.18. The summed E-state index contributed by atoms with van der Waals surface area (Å²) in [4.78, 5) is 11.6. The van der Waals surface area contributed by atoms with E-state index >= 15 is 0 Å². The van der Waals surface area contributed by atoms with Gasteiger partial charge < -0.3 is 4.74 Å². The van der Waals surface area contributed by atoms with Crippen molar-refractivity contribution in [2.45, 2.75) is 12.2 Å². The van der Waals surface area contributed by atoms with Crippen LogP contribution in [0.2, 0.25) is 0 Å². The van der Waals surface area contributed by atoms with Crippen molar-refractivity contribution in [2.75, 3.05) is 12.4 Å². The third-order valence-corrected chi connectivity index (χ3v) is 4.02. The molecule has 0 aromatic heterocycles. The van der Waals surface area contributed by atoms with Crippen LogP contribution in [0.4, 0.5) is 0 Å². The van der Waals surface area contributed by atoms with Gasteiger partial charge in [0.2, 0.25) is 0 Å². The van der Waals surface area contributed by atoms with Gasteiger partial charge in [0, 0.05) is 5.56 Å². The third-order valence-electron chi connectivity index (χ3n) is 2.90. The predicted octanol–water partition coefficient (Wildman–Crippen LogP) is 4.08. The Morgan fingerprint density at radius 2 is 1.73 bits per heavy atom. The Labute approximate surface area is 135 Å². The van der Waals surface area contributed by atoms with Crippen LogP contribution < -0.4 is 0 Å². The molecule has 112 valence electrons. The zero-order valence-electron chi connectivity index (χ0n) is 12.5. The largest absolute Gasteiger partial charge is 0.465 e. The molecule has 0 aliphatic rings. The van der Waals surface area contributed by atoms with Crippen LogP contribution >= 0.6 is 11.8 Å². The van der Waals surface area contributed by atoms with Crippen LogP contribution in [0.5, 0.6) is 0 Å². The number of ether oxygens (including phenoxy) is 1. The molecule has 0 fully saturated rings. The second-order valence-electron chi connectivity index (χ2n) is 4.54. The number of thioether (sulfide) groups is 1. The van der Waals surface area contributed by atoms with E-state index < -0.39 is 0 Å². The number of carbonyl (C=O) groups excluding carboxylic acids is 1. The lowest BCUT2D eigenvalue weighted by atomic mass is 10.1. The van der Waals surface area contributed by atoms with Gasteiger partial charge in [-0.2, -0.15) is 0 Å². The minimum Gasteiger partial charge on any atom is -0.465 e. The zero-order chi connectivity index (χ0) is 15.6. The summed E-state index contributed by atoms with van der Waals surface area (Å²) in [6.45, 7) is 2.22. The number of hydrogen-bond donors (Lipinski definition) is 0. The fourth-order valence-electron chi connectivity index (χ4n) is 1.87. The lowest BCUT2D eigenvalue weighted by Crippen LogP contribution is -2.08. The van der Waals surface area contributed by atoms with Crippen LogP contribution in [0.3, 0.4) is 0 Å². The molecule has 0 amide bonds. The molecule has 2 aromatic rings. The van der Waals surface area contributed by atoms with Gasteiger partial charge in [-0.05, 0) is 24.6 Å². The van der Waals surface area contributed by atoms with Crippen LogP contribution in [0, 0.1) is 11.8 Å². The highest BCUT2D eigenvalue weighted by atomic mass is 32.2. The molecule has 1 atom stereocenters. The fraction of sp³-hybridized carbons (Fsp3) is 0.211. The van der Waals surface area contributed by atoms with Crippen molar-refractivity contribution in [2.24, 2.45) is 0 Å². The summed E-state index contributed by atoms with van der Waals surface area (Å²) in [5.74, 6) is 6.53. The standard InChI is InChI=1S/C19H18O2S/c1-2-21-19(20)15-22-18(17-11-7-4-8-12-17)14-13-16-9-5-3-6-10-16/h3-12,18H,2,15H2,1H3. The number of hydrogen-bond acceptors (Lipinski definition) is 3. The Morgan fingerprint density at radius 1 is 1.09 bits per heavy atom. The highest BCUT2D eigenvalue weighted by Crippen LogP contribution is 2.28. The molecule has 0 N–H and O–H groups in total. The predicted molar refractivity (Wildman–Crippen MR) is 91.6 cm³/mol. The Morgan fingerprint density at radius 3 is 2.36 bits per heavy atom. The van der Waals surface area contributed by atoms with E-state index in [4.69, 9.17) is 4.74 Å². The van der Waals surface area contributed by atoms with Crippen molar-refractivity contribution < 1.29 is 9.53 Å². The molecule has 0 saturated heterocycles. The molecule has 22 heavy (non-hydrogen) atoms. The second kappa shape index (κ2) is 8.96. The summed E-state index contributed by atoms with van der Waals surface area (Å²) in [5.41, 5.74) is 2.07. The minimum atomic E-state index is -0.199. The van der Waals surface area contributed by atoms with Gasteiger partial charge >= 0.3 is 5.97 Å². The van der Waals surface area contributed by atoms with E-state index in [0.717, 1.165) is 11.1 Å². The van der Waals surface area contributed by atoms with Crippen molar-refractivity contribution in [3.05, 3.63) is 71.8 Å². The molecule has 0 saturated carbocycles. The molecule has 3 heteroatoms. The SMILES string of the molecule is CCOC(=O)CSC(C#Cc1ccccc1)c1ccccc1. The lowest BCUT2D eigenvalue weighted by molar-refractivity contribution is -0.139. The van der Waals surface area contributed by atoms with Crippen molar-refractivity contribution in [3.63, 3.8) is 0 Å². The van der Waals surface area contributed by atoms with E-state index in [1.165, 1.54) is 11.8 Å². The lowest BCUT2D eigenvalue weighted by Gasteiger charge is -2.10. The molecule has 0 bridgehead atoms. The van der Waals surface area contributed by atoms with E-state index in [2.05, 4.69) is 11.8 Å². The van der Waals surface area contributed by atoms with Crippen molar-refractivity contribution in [3.8, 4) is 11.8 Å². The molecule has 0 aliphatic heterocycles. The molecule has 0 radical (unpaired) electrons. The molecular weight excluding hydrogens is 292 g/mol. The van der Waals surface area contributed by atoms with E-state index in [-0.39, 0.29) is 11.2 Å². The van der Waals surface area contributed by atoms with Gasteiger partial charge in [0.05, 0.1) is 17.6 Å². The normalized spacial score (nSPS) is 11.1. The van der Waals surface area contributed by atoms with Crippen LogP contribution in [0.25, 0.3) is 0 Å². The fourth-order valence-corrected chi connectivity index (χ4v) is 2.75. The second-order valence-corrected chi connectivity index (χ2v) is 5.64. The molecule has 2 nitrogen and oxygen atoms in total. The van der Waals surface area contributed by atoms with Crippen molar-refractivity contribution >= 4 is 17.7 Å².